The molecule has 0 amide bonds. The summed E-state index contributed by atoms with van der Waals surface area (Å²) in [6.45, 7) is 2.20. The van der Waals surface area contributed by atoms with Gasteiger partial charge in [-0.3, -0.25) is 4.79 Å². The maximum absolute atomic E-state index is 11.5. The van der Waals surface area contributed by atoms with Crippen molar-refractivity contribution in [2.75, 3.05) is 6.61 Å². The number of oxime groups is 1. The van der Waals surface area contributed by atoms with Crippen LogP contribution in [-0.2, 0) is 16.1 Å². The Morgan fingerprint density at radius 1 is 1.58 bits per heavy atom. The summed E-state index contributed by atoms with van der Waals surface area (Å²) in [6.07, 6.45) is 3.03. The van der Waals surface area contributed by atoms with Crippen LogP contribution >= 0.6 is 11.6 Å². The number of esters is 1. The molecule has 2 aromatic rings. The fourth-order valence-corrected chi connectivity index (χ4v) is 2.11. The van der Waals surface area contributed by atoms with Gasteiger partial charge in [0.15, 0.2) is 0 Å². The van der Waals surface area contributed by atoms with Gasteiger partial charge in [-0.25, -0.2) is 0 Å². The lowest BCUT2D eigenvalue weighted by atomic mass is 10.2. The number of aromatic nitrogens is 1. The molecule has 0 fully saturated rings. The van der Waals surface area contributed by atoms with E-state index in [4.69, 9.17) is 21.5 Å². The van der Waals surface area contributed by atoms with E-state index in [0.29, 0.717) is 17.2 Å². The molecule has 0 bridgehead atoms. The van der Waals surface area contributed by atoms with Crippen LogP contribution in [0.15, 0.2) is 29.6 Å². The van der Waals surface area contributed by atoms with Gasteiger partial charge < -0.3 is 14.5 Å². The first-order valence-electron chi connectivity index (χ1n) is 5.77. The Labute approximate surface area is 115 Å². The van der Waals surface area contributed by atoms with Gasteiger partial charge in [0.05, 0.1) is 12.8 Å². The molecule has 1 aromatic heterocycles. The number of halogens is 1. The van der Waals surface area contributed by atoms with Gasteiger partial charge in [0.1, 0.15) is 6.54 Å². The number of rotatable bonds is 4. The Bertz CT molecular complexity index is 634. The van der Waals surface area contributed by atoms with Crippen LogP contribution in [0, 0.1) is 0 Å². The molecule has 0 aliphatic rings. The van der Waals surface area contributed by atoms with Gasteiger partial charge in [-0.05, 0) is 25.1 Å². The second-order valence-corrected chi connectivity index (χ2v) is 4.36. The van der Waals surface area contributed by atoms with Crippen molar-refractivity contribution in [1.29, 1.82) is 0 Å². The van der Waals surface area contributed by atoms with Gasteiger partial charge in [0.2, 0.25) is 0 Å². The van der Waals surface area contributed by atoms with Crippen molar-refractivity contribution in [1.82, 2.24) is 4.57 Å². The minimum atomic E-state index is -0.318. The van der Waals surface area contributed by atoms with Crippen LogP contribution in [-0.4, -0.2) is 28.6 Å². The number of hydrogen-bond donors (Lipinski definition) is 1. The Kier molecular flexibility index (Phi) is 4.06. The molecular formula is C13H13ClN2O3. The third-order valence-electron chi connectivity index (χ3n) is 2.68. The fraction of sp³-hybridized carbons (Fsp3) is 0.231. The van der Waals surface area contributed by atoms with Crippen molar-refractivity contribution < 1.29 is 14.7 Å². The van der Waals surface area contributed by atoms with Crippen LogP contribution in [0.3, 0.4) is 0 Å². The molecule has 19 heavy (non-hydrogen) atoms. The van der Waals surface area contributed by atoms with Gasteiger partial charge in [-0.1, -0.05) is 16.8 Å². The highest BCUT2D eigenvalue weighted by Crippen LogP contribution is 2.24. The number of hydrogen-bond acceptors (Lipinski definition) is 4. The maximum atomic E-state index is 11.5. The predicted octanol–water partition coefficient (Wildman–Crippen LogP) is 2.67. The lowest BCUT2D eigenvalue weighted by Crippen LogP contribution is -2.12. The summed E-state index contributed by atoms with van der Waals surface area (Å²) in [5.74, 6) is -0.318. The second kappa shape index (κ2) is 5.75. The first-order valence-corrected chi connectivity index (χ1v) is 6.15. The number of benzene rings is 1. The van der Waals surface area contributed by atoms with Crippen LogP contribution in [0.2, 0.25) is 5.02 Å². The average molecular weight is 281 g/mol. The smallest absolute Gasteiger partial charge is 0.325 e. The minimum Gasteiger partial charge on any atom is -0.465 e. The summed E-state index contributed by atoms with van der Waals surface area (Å²) in [5.41, 5.74) is 1.51. The van der Waals surface area contributed by atoms with E-state index in [2.05, 4.69) is 5.16 Å². The van der Waals surface area contributed by atoms with Gasteiger partial charge >= 0.3 is 5.97 Å². The highest BCUT2D eigenvalue weighted by molar-refractivity contribution is 6.31. The molecule has 0 atom stereocenters. The maximum Gasteiger partial charge on any atom is 0.325 e. The molecule has 100 valence electrons. The van der Waals surface area contributed by atoms with E-state index in [0.717, 1.165) is 10.9 Å². The Morgan fingerprint density at radius 2 is 2.37 bits per heavy atom. The largest absolute Gasteiger partial charge is 0.465 e. The Morgan fingerprint density at radius 3 is 3.05 bits per heavy atom. The lowest BCUT2D eigenvalue weighted by molar-refractivity contribution is -0.143. The molecule has 2 rings (SSSR count). The average Bonchev–Trinajstić information content (AvgIpc) is 2.68. The zero-order valence-electron chi connectivity index (χ0n) is 10.3. The van der Waals surface area contributed by atoms with Crippen LogP contribution in [0.25, 0.3) is 10.9 Å². The topological polar surface area (TPSA) is 63.8 Å². The molecule has 0 spiro atoms. The number of carbonyl (C=O) groups is 1. The highest BCUT2D eigenvalue weighted by Gasteiger charge is 2.11. The predicted molar refractivity (Wildman–Crippen MR) is 73.0 cm³/mol. The van der Waals surface area contributed by atoms with Crippen molar-refractivity contribution in [3.05, 3.63) is 35.0 Å². The van der Waals surface area contributed by atoms with Crippen LogP contribution in [0.5, 0.6) is 0 Å². The van der Waals surface area contributed by atoms with Gasteiger partial charge in [0.25, 0.3) is 0 Å². The number of ether oxygens (including phenoxy) is 1. The molecule has 0 radical (unpaired) electrons. The zero-order chi connectivity index (χ0) is 13.8. The lowest BCUT2D eigenvalue weighted by Gasteiger charge is -2.04. The quantitative estimate of drug-likeness (QED) is 0.405. The molecule has 0 aliphatic carbocycles. The Hall–Kier alpha value is -2.01. The van der Waals surface area contributed by atoms with Crippen molar-refractivity contribution in [3.63, 3.8) is 0 Å². The SMILES string of the molecule is CCOC(=O)Cn1cc(C=NO)c2cc(Cl)ccc21. The van der Waals surface area contributed by atoms with E-state index in [1.807, 2.05) is 6.07 Å². The van der Waals surface area contributed by atoms with Crippen LogP contribution in [0.4, 0.5) is 0 Å². The van der Waals surface area contributed by atoms with Crippen LogP contribution in [0.1, 0.15) is 12.5 Å². The van der Waals surface area contributed by atoms with Gasteiger partial charge in [0, 0.05) is 27.7 Å². The van der Waals surface area contributed by atoms with Crippen molar-refractivity contribution in [2.24, 2.45) is 5.16 Å². The molecule has 6 heteroatoms. The summed E-state index contributed by atoms with van der Waals surface area (Å²) in [7, 11) is 0. The third-order valence-corrected chi connectivity index (χ3v) is 2.91. The van der Waals surface area contributed by atoms with Crippen molar-refractivity contribution >= 4 is 34.7 Å². The second-order valence-electron chi connectivity index (χ2n) is 3.92. The molecule has 0 saturated carbocycles. The summed E-state index contributed by atoms with van der Waals surface area (Å²) in [5, 5.41) is 13.1. The van der Waals surface area contributed by atoms with E-state index in [9.17, 15) is 4.79 Å². The molecule has 1 heterocycles. The molecular weight excluding hydrogens is 268 g/mol. The molecule has 1 aromatic carbocycles. The molecule has 0 saturated heterocycles. The number of nitrogens with zero attached hydrogens (tertiary/aromatic N) is 2. The molecule has 5 nitrogen and oxygen atoms in total. The summed E-state index contributed by atoms with van der Waals surface area (Å²) in [4.78, 5) is 11.5. The fourth-order valence-electron chi connectivity index (χ4n) is 1.94. The minimum absolute atomic E-state index is 0.102. The standard InChI is InChI=1S/C13H13ClN2O3/c1-2-19-13(17)8-16-7-9(6-15-18)11-5-10(14)3-4-12(11)16/h3-7,18H,2,8H2,1H3. The number of carbonyl (C=O) groups excluding carboxylic acids is 1. The number of fused-ring (bicyclic) bond motifs is 1. The van der Waals surface area contributed by atoms with E-state index in [1.165, 1.54) is 6.21 Å². The monoisotopic (exact) mass is 280 g/mol. The normalized spacial score (nSPS) is 11.3. The third kappa shape index (κ3) is 2.88. The van der Waals surface area contributed by atoms with Gasteiger partial charge in [-0.2, -0.15) is 0 Å². The molecule has 1 N–H and O–H groups in total. The summed E-state index contributed by atoms with van der Waals surface area (Å²) >= 11 is 5.95. The first-order chi connectivity index (χ1) is 9.15. The summed E-state index contributed by atoms with van der Waals surface area (Å²) < 4.78 is 6.66. The summed E-state index contributed by atoms with van der Waals surface area (Å²) in [6, 6.07) is 5.31. The van der Waals surface area contributed by atoms with E-state index in [-0.39, 0.29) is 12.5 Å². The van der Waals surface area contributed by atoms with Crippen molar-refractivity contribution in [2.45, 2.75) is 13.5 Å². The van der Waals surface area contributed by atoms with E-state index < -0.39 is 0 Å². The van der Waals surface area contributed by atoms with Crippen molar-refractivity contribution in [3.8, 4) is 0 Å². The Balaban J connectivity index is 2.47. The van der Waals surface area contributed by atoms with E-state index in [1.54, 1.807) is 29.8 Å². The molecule has 0 unspecified atom stereocenters. The van der Waals surface area contributed by atoms with Gasteiger partial charge in [-0.15, -0.1) is 0 Å². The van der Waals surface area contributed by atoms with E-state index >= 15 is 0 Å². The highest BCUT2D eigenvalue weighted by atomic mass is 35.5. The van der Waals surface area contributed by atoms with Crippen LogP contribution < -0.4 is 0 Å². The zero-order valence-corrected chi connectivity index (χ0v) is 11.1. The first kappa shape index (κ1) is 13.4. The molecule has 0 aliphatic heterocycles.